The molecule has 0 aliphatic carbocycles. The molecular formula is C41H74N7O17P3S. The van der Waals surface area contributed by atoms with Gasteiger partial charge in [-0.15, -0.1) is 0 Å². The SMILES string of the molecule is CC(C)CCCC(C)CCCC(C)CCCC(C)CC(=O)SCCNC(=O)CCNC(=O)[C@H](O)C(C)(C)COP(=O)(O)OP(=O)(O)OC[C@H]1O[C@@H](n2cnc3c(N)ncnc32)[C@H](O)[C@@H]1OP(=O)(O)O. The predicted molar refractivity (Wildman–Crippen MR) is 256 cm³/mol. The van der Waals surface area contributed by atoms with Crippen LogP contribution in [-0.4, -0.2) is 123 Å². The molecule has 28 heteroatoms. The number of nitrogens with one attached hydrogen (secondary N) is 2. The van der Waals surface area contributed by atoms with Crippen molar-refractivity contribution >= 4 is 69.1 Å². The number of hydrogen-bond acceptors (Lipinski definition) is 18. The molecule has 1 saturated heterocycles. The first-order valence-corrected chi connectivity index (χ1v) is 28.6. The number of nitrogens with zero attached hydrogens (tertiary/aromatic N) is 4. The topological polar surface area (TPSA) is 364 Å². The molecule has 0 saturated carbocycles. The number of phosphoric ester groups is 3. The van der Waals surface area contributed by atoms with Crippen LogP contribution < -0.4 is 16.4 Å². The number of fused-ring (bicyclic) bond motifs is 1. The summed E-state index contributed by atoms with van der Waals surface area (Å²) in [4.78, 5) is 88.9. The smallest absolute Gasteiger partial charge is 0.386 e. The van der Waals surface area contributed by atoms with Crippen LogP contribution in [0.3, 0.4) is 0 Å². The highest BCUT2D eigenvalue weighted by Crippen LogP contribution is 2.61. The third-order valence-corrected chi connectivity index (χ3v) is 15.5. The second-order valence-corrected chi connectivity index (χ2v) is 24.4. The van der Waals surface area contributed by atoms with Gasteiger partial charge < -0.3 is 50.9 Å². The number of nitrogens with two attached hydrogens (primary N) is 1. The summed E-state index contributed by atoms with van der Waals surface area (Å²) < 4.78 is 62.5. The summed E-state index contributed by atoms with van der Waals surface area (Å²) in [6.45, 7) is 11.9. The molecule has 0 aromatic carbocycles. The Kier molecular flexibility index (Phi) is 24.8. The summed E-state index contributed by atoms with van der Waals surface area (Å²) in [6.07, 6.45) is 4.52. The maximum atomic E-state index is 12.8. The molecule has 0 spiro atoms. The lowest BCUT2D eigenvalue weighted by Crippen LogP contribution is -2.46. The van der Waals surface area contributed by atoms with Crippen LogP contribution in [0.5, 0.6) is 0 Å². The zero-order valence-corrected chi connectivity index (χ0v) is 44.0. The van der Waals surface area contributed by atoms with Gasteiger partial charge in [0.1, 0.15) is 36.3 Å². The largest absolute Gasteiger partial charge is 0.481 e. The van der Waals surface area contributed by atoms with Gasteiger partial charge >= 0.3 is 23.5 Å². The molecule has 69 heavy (non-hydrogen) atoms. The minimum Gasteiger partial charge on any atom is -0.386 e. The van der Waals surface area contributed by atoms with Crippen LogP contribution in [-0.2, 0) is 50.7 Å². The van der Waals surface area contributed by atoms with E-state index in [2.05, 4.69) is 69.0 Å². The Balaban J connectivity index is 1.33. The first-order chi connectivity index (χ1) is 32.1. The lowest BCUT2D eigenvalue weighted by atomic mass is 9.87. The Morgan fingerprint density at radius 1 is 0.870 bits per heavy atom. The van der Waals surface area contributed by atoms with Crippen molar-refractivity contribution in [3.8, 4) is 0 Å². The molecule has 3 heterocycles. The number of nitrogen functional groups attached to an aromatic ring is 1. The highest BCUT2D eigenvalue weighted by atomic mass is 32.2. The number of aliphatic hydroxyl groups excluding tert-OH is 2. The van der Waals surface area contributed by atoms with E-state index >= 15 is 0 Å². The summed E-state index contributed by atoms with van der Waals surface area (Å²) in [5.74, 6) is 1.45. The minimum absolute atomic E-state index is 0.0332. The Hall–Kier alpha value is -2.44. The third kappa shape index (κ3) is 22.1. The van der Waals surface area contributed by atoms with E-state index in [0.29, 0.717) is 18.1 Å². The molecule has 10 atom stereocenters. The van der Waals surface area contributed by atoms with Gasteiger partial charge in [-0.1, -0.05) is 118 Å². The number of rotatable bonds is 33. The maximum Gasteiger partial charge on any atom is 0.481 e. The van der Waals surface area contributed by atoms with Crippen LogP contribution in [0.1, 0.15) is 125 Å². The van der Waals surface area contributed by atoms with Gasteiger partial charge in [-0.2, -0.15) is 4.31 Å². The fraction of sp³-hybridized carbons (Fsp3) is 0.805. The summed E-state index contributed by atoms with van der Waals surface area (Å²) in [7, 11) is -16.4. The fourth-order valence-corrected chi connectivity index (χ4v) is 11.2. The van der Waals surface area contributed by atoms with Crippen molar-refractivity contribution < 1.29 is 80.5 Å². The molecule has 1 aliphatic heterocycles. The van der Waals surface area contributed by atoms with Crippen LogP contribution in [0.4, 0.5) is 5.82 Å². The molecular weight excluding hydrogens is 987 g/mol. The van der Waals surface area contributed by atoms with Gasteiger partial charge in [0.05, 0.1) is 19.5 Å². The zero-order chi connectivity index (χ0) is 51.7. The van der Waals surface area contributed by atoms with Crippen molar-refractivity contribution in [1.82, 2.24) is 30.2 Å². The summed E-state index contributed by atoms with van der Waals surface area (Å²) in [6, 6.07) is 0. The van der Waals surface area contributed by atoms with Crippen LogP contribution in [0.15, 0.2) is 12.7 Å². The molecule has 0 radical (unpaired) electrons. The van der Waals surface area contributed by atoms with Crippen molar-refractivity contribution in [2.75, 3.05) is 37.8 Å². The van der Waals surface area contributed by atoms with E-state index in [1.807, 2.05) is 0 Å². The number of aromatic nitrogens is 4. The number of thioether (sulfide) groups is 1. The molecule has 1 fully saturated rings. The molecule has 5 unspecified atom stereocenters. The Labute approximate surface area is 407 Å². The van der Waals surface area contributed by atoms with Crippen molar-refractivity contribution in [2.24, 2.45) is 29.1 Å². The number of ether oxygens (including phenoxy) is 1. The Morgan fingerprint density at radius 3 is 2.07 bits per heavy atom. The predicted octanol–water partition coefficient (Wildman–Crippen LogP) is 5.13. The quantitative estimate of drug-likeness (QED) is 0.0330. The molecule has 3 rings (SSSR count). The molecule has 2 aromatic heterocycles. The number of carbonyl (C=O) groups is 3. The van der Waals surface area contributed by atoms with E-state index in [9.17, 15) is 57.9 Å². The Bertz CT molecular complexity index is 2100. The molecule has 396 valence electrons. The van der Waals surface area contributed by atoms with Gasteiger partial charge in [-0.3, -0.25) is 32.5 Å². The number of aliphatic hydroxyl groups is 2. The standard InChI is InChI=1S/C41H74N7O17P3S/c1-26(2)11-8-12-27(3)13-9-14-28(4)15-10-16-29(5)21-32(50)69-20-19-43-31(49)17-18-44-39(53)36(52)41(6,7)23-62-68(59,60)65-67(57,58)61-22-30-35(64-66(54,55)56)34(51)40(63-30)48-25-47-33-37(42)45-24-46-38(33)48/h24-30,34-36,40,51-52H,8-23H2,1-7H3,(H,43,49)(H,44,53)(H,57,58)(H,59,60)(H2,42,45,46)(H2,54,55,56)/t27?,28?,29?,30-,34-,35-,36+,40-/m1/s1. The minimum atomic E-state index is -5.58. The number of phosphoric acid groups is 3. The van der Waals surface area contributed by atoms with Crippen molar-refractivity contribution in [1.29, 1.82) is 0 Å². The van der Waals surface area contributed by atoms with Gasteiger partial charge in [-0.05, 0) is 23.7 Å². The lowest BCUT2D eigenvalue weighted by Gasteiger charge is -2.30. The van der Waals surface area contributed by atoms with Crippen LogP contribution in [0.25, 0.3) is 11.2 Å². The molecule has 2 aromatic rings. The van der Waals surface area contributed by atoms with Crippen LogP contribution in [0, 0.1) is 29.1 Å². The maximum absolute atomic E-state index is 12.8. The molecule has 0 bridgehead atoms. The summed E-state index contributed by atoms with van der Waals surface area (Å²) in [5, 5.41) is 26.7. The number of imidazole rings is 1. The highest BCUT2D eigenvalue weighted by Gasteiger charge is 2.50. The summed E-state index contributed by atoms with van der Waals surface area (Å²) in [5.41, 5.74) is 4.29. The van der Waals surface area contributed by atoms with E-state index in [1.165, 1.54) is 52.4 Å². The molecule has 10 N–H and O–H groups in total. The van der Waals surface area contributed by atoms with Gasteiger partial charge in [0.15, 0.2) is 22.8 Å². The number of hydrogen-bond donors (Lipinski definition) is 9. The zero-order valence-electron chi connectivity index (χ0n) is 40.5. The van der Waals surface area contributed by atoms with Gasteiger partial charge in [0, 0.05) is 37.1 Å². The lowest BCUT2D eigenvalue weighted by molar-refractivity contribution is -0.137. The average Bonchev–Trinajstić information content (AvgIpc) is 3.80. The van der Waals surface area contributed by atoms with Crippen LogP contribution >= 0.6 is 35.2 Å². The Morgan fingerprint density at radius 2 is 1.46 bits per heavy atom. The molecule has 2 amide bonds. The number of anilines is 1. The molecule has 1 aliphatic rings. The third-order valence-electron chi connectivity index (χ3n) is 11.5. The van der Waals surface area contributed by atoms with E-state index in [1.54, 1.807) is 0 Å². The first-order valence-electron chi connectivity index (χ1n) is 23.1. The first kappa shape index (κ1) is 60.9. The van der Waals surface area contributed by atoms with E-state index in [-0.39, 0.29) is 47.5 Å². The van der Waals surface area contributed by atoms with Crippen molar-refractivity contribution in [3.63, 3.8) is 0 Å². The van der Waals surface area contributed by atoms with Gasteiger partial charge in [0.2, 0.25) is 11.8 Å². The van der Waals surface area contributed by atoms with Crippen molar-refractivity contribution in [3.05, 3.63) is 12.7 Å². The summed E-state index contributed by atoms with van der Waals surface area (Å²) >= 11 is 1.16. The van der Waals surface area contributed by atoms with Gasteiger partial charge in [-0.25, -0.2) is 28.6 Å². The van der Waals surface area contributed by atoms with Crippen molar-refractivity contribution in [2.45, 2.75) is 150 Å². The number of carbonyl (C=O) groups excluding carboxylic acids is 3. The second kappa shape index (κ2) is 28.1. The number of amides is 2. The molecule has 24 nitrogen and oxygen atoms in total. The highest BCUT2D eigenvalue weighted by molar-refractivity contribution is 8.13. The fourth-order valence-electron chi connectivity index (χ4n) is 7.53. The van der Waals surface area contributed by atoms with Gasteiger partial charge in [0.25, 0.3) is 0 Å². The second-order valence-electron chi connectivity index (χ2n) is 19.0. The monoisotopic (exact) mass is 1060 g/mol. The van der Waals surface area contributed by atoms with E-state index in [0.717, 1.165) is 60.1 Å². The average molecular weight is 1060 g/mol. The van der Waals surface area contributed by atoms with Crippen LogP contribution in [0.2, 0.25) is 0 Å². The normalized spacial score (nSPS) is 21.4. The van der Waals surface area contributed by atoms with E-state index in [4.69, 9.17) is 19.5 Å². The van der Waals surface area contributed by atoms with E-state index < -0.39 is 84.6 Å².